The van der Waals surface area contributed by atoms with Crippen LogP contribution in [0.15, 0.2) is 0 Å². The molecular weight excluding hydrogens is 182 g/mol. The van der Waals surface area contributed by atoms with Crippen molar-refractivity contribution in [2.45, 2.75) is 37.5 Å². The van der Waals surface area contributed by atoms with Gasteiger partial charge in [0.15, 0.2) is 0 Å². The molecule has 1 amide bonds. The van der Waals surface area contributed by atoms with E-state index in [4.69, 9.17) is 9.47 Å². The third kappa shape index (κ3) is 1.33. The Hall–Kier alpha value is -0.610. The van der Waals surface area contributed by atoms with E-state index in [1.165, 1.54) is 0 Å². The second-order valence-corrected chi connectivity index (χ2v) is 4.46. The van der Waals surface area contributed by atoms with Crippen LogP contribution in [0, 0.1) is 5.92 Å². The second-order valence-electron chi connectivity index (χ2n) is 4.46. The van der Waals surface area contributed by atoms with Crippen molar-refractivity contribution in [2.75, 3.05) is 13.2 Å². The predicted octanol–water partition coefficient (Wildman–Crippen LogP) is 0.0689. The first-order valence-corrected chi connectivity index (χ1v) is 5.36. The molecule has 3 fully saturated rings. The minimum Gasteiger partial charge on any atom is -0.377 e. The molecule has 0 aliphatic carbocycles. The lowest BCUT2D eigenvalue weighted by molar-refractivity contribution is -0.130. The van der Waals surface area contributed by atoms with E-state index in [1.807, 2.05) is 0 Å². The monoisotopic (exact) mass is 197 g/mol. The standard InChI is InChI=1S/C10H15NO3/c12-10(11-6-4-13-5-6)8-3-7-1-2-9(8)14-7/h6-9H,1-5H2,(H,11,12). The van der Waals surface area contributed by atoms with Gasteiger partial charge in [0, 0.05) is 0 Å². The highest BCUT2D eigenvalue weighted by molar-refractivity contribution is 5.80. The highest BCUT2D eigenvalue weighted by atomic mass is 16.5. The van der Waals surface area contributed by atoms with Crippen LogP contribution in [0.25, 0.3) is 0 Å². The van der Waals surface area contributed by atoms with Crippen LogP contribution in [0.3, 0.4) is 0 Å². The van der Waals surface area contributed by atoms with Crippen molar-refractivity contribution >= 4 is 5.91 Å². The summed E-state index contributed by atoms with van der Waals surface area (Å²) in [4.78, 5) is 11.8. The normalized spacial score (nSPS) is 41.0. The Morgan fingerprint density at radius 3 is 2.64 bits per heavy atom. The van der Waals surface area contributed by atoms with E-state index in [9.17, 15) is 4.79 Å². The van der Waals surface area contributed by atoms with Crippen molar-refractivity contribution in [2.24, 2.45) is 5.92 Å². The Morgan fingerprint density at radius 1 is 1.29 bits per heavy atom. The summed E-state index contributed by atoms with van der Waals surface area (Å²) < 4.78 is 10.7. The van der Waals surface area contributed by atoms with E-state index in [-0.39, 0.29) is 24.0 Å². The highest BCUT2D eigenvalue weighted by Crippen LogP contribution is 2.38. The largest absolute Gasteiger partial charge is 0.377 e. The van der Waals surface area contributed by atoms with Crippen molar-refractivity contribution in [1.29, 1.82) is 0 Å². The van der Waals surface area contributed by atoms with Gasteiger partial charge < -0.3 is 14.8 Å². The summed E-state index contributed by atoms with van der Waals surface area (Å²) >= 11 is 0. The summed E-state index contributed by atoms with van der Waals surface area (Å²) in [7, 11) is 0. The molecule has 3 aliphatic rings. The van der Waals surface area contributed by atoms with Crippen LogP contribution in [0.4, 0.5) is 0 Å². The van der Waals surface area contributed by atoms with Gasteiger partial charge in [0.05, 0.1) is 37.4 Å². The Kier molecular flexibility index (Phi) is 1.99. The van der Waals surface area contributed by atoms with Crippen molar-refractivity contribution in [1.82, 2.24) is 5.32 Å². The molecule has 0 radical (unpaired) electrons. The lowest BCUT2D eigenvalue weighted by Gasteiger charge is -2.29. The van der Waals surface area contributed by atoms with Crippen LogP contribution < -0.4 is 5.32 Å². The summed E-state index contributed by atoms with van der Waals surface area (Å²) in [6.45, 7) is 1.35. The minimum atomic E-state index is 0.106. The molecular formula is C10H15NO3. The van der Waals surface area contributed by atoms with E-state index in [2.05, 4.69) is 5.32 Å². The molecule has 3 aliphatic heterocycles. The molecule has 0 spiro atoms. The molecule has 78 valence electrons. The first kappa shape index (κ1) is 8.68. The fourth-order valence-electron chi connectivity index (χ4n) is 2.54. The highest BCUT2D eigenvalue weighted by Gasteiger charge is 2.44. The van der Waals surface area contributed by atoms with Crippen LogP contribution in [0.2, 0.25) is 0 Å². The lowest BCUT2D eigenvalue weighted by atomic mass is 9.88. The second kappa shape index (κ2) is 3.21. The number of hydrogen-bond acceptors (Lipinski definition) is 3. The topological polar surface area (TPSA) is 47.6 Å². The fraction of sp³-hybridized carbons (Fsp3) is 0.900. The van der Waals surface area contributed by atoms with Gasteiger partial charge in [-0.3, -0.25) is 4.79 Å². The van der Waals surface area contributed by atoms with Gasteiger partial charge >= 0.3 is 0 Å². The van der Waals surface area contributed by atoms with Crippen LogP contribution in [-0.4, -0.2) is 37.4 Å². The predicted molar refractivity (Wildman–Crippen MR) is 48.8 cm³/mol. The van der Waals surface area contributed by atoms with Crippen molar-refractivity contribution in [3.05, 3.63) is 0 Å². The van der Waals surface area contributed by atoms with Gasteiger partial charge in [-0.15, -0.1) is 0 Å². The van der Waals surface area contributed by atoms with Gasteiger partial charge in [0.1, 0.15) is 0 Å². The van der Waals surface area contributed by atoms with Gasteiger partial charge in [-0.2, -0.15) is 0 Å². The molecule has 2 bridgehead atoms. The maximum Gasteiger partial charge on any atom is 0.226 e. The molecule has 3 saturated heterocycles. The number of carbonyl (C=O) groups is 1. The number of fused-ring (bicyclic) bond motifs is 2. The average Bonchev–Trinajstić information content (AvgIpc) is 2.71. The fourth-order valence-corrected chi connectivity index (χ4v) is 2.54. The molecule has 3 heterocycles. The molecule has 3 unspecified atom stereocenters. The molecule has 1 N–H and O–H groups in total. The first-order valence-electron chi connectivity index (χ1n) is 5.36. The minimum absolute atomic E-state index is 0.106. The lowest BCUT2D eigenvalue weighted by Crippen LogP contribution is -2.51. The van der Waals surface area contributed by atoms with Gasteiger partial charge in [-0.05, 0) is 19.3 Å². The van der Waals surface area contributed by atoms with Gasteiger partial charge in [0.25, 0.3) is 0 Å². The summed E-state index contributed by atoms with van der Waals surface area (Å²) in [5.74, 6) is 0.278. The summed E-state index contributed by atoms with van der Waals surface area (Å²) in [5, 5.41) is 3.00. The number of carbonyl (C=O) groups excluding carboxylic acids is 1. The molecule has 3 atom stereocenters. The molecule has 14 heavy (non-hydrogen) atoms. The zero-order chi connectivity index (χ0) is 9.54. The number of ether oxygens (including phenoxy) is 2. The molecule has 0 aromatic heterocycles. The number of hydrogen-bond donors (Lipinski definition) is 1. The Balaban J connectivity index is 1.57. The van der Waals surface area contributed by atoms with Crippen molar-refractivity contribution < 1.29 is 14.3 Å². The van der Waals surface area contributed by atoms with E-state index < -0.39 is 0 Å². The van der Waals surface area contributed by atoms with Crippen molar-refractivity contribution in [3.63, 3.8) is 0 Å². The summed E-state index contributed by atoms with van der Waals surface area (Å²) in [6.07, 6.45) is 3.67. The van der Waals surface area contributed by atoms with Gasteiger partial charge in [-0.1, -0.05) is 0 Å². The first-order chi connectivity index (χ1) is 6.83. The van der Waals surface area contributed by atoms with E-state index in [1.54, 1.807) is 0 Å². The Bertz CT molecular complexity index is 252. The van der Waals surface area contributed by atoms with E-state index in [0.29, 0.717) is 19.3 Å². The Labute approximate surface area is 82.9 Å². The van der Waals surface area contributed by atoms with E-state index in [0.717, 1.165) is 19.3 Å². The van der Waals surface area contributed by atoms with Crippen LogP contribution in [0.5, 0.6) is 0 Å². The molecule has 0 aromatic carbocycles. The molecule has 0 saturated carbocycles. The Morgan fingerprint density at radius 2 is 2.14 bits per heavy atom. The third-order valence-corrected chi connectivity index (χ3v) is 3.43. The van der Waals surface area contributed by atoms with Gasteiger partial charge in [-0.25, -0.2) is 0 Å². The van der Waals surface area contributed by atoms with Crippen LogP contribution in [-0.2, 0) is 14.3 Å². The summed E-state index contributed by atoms with van der Waals surface area (Å²) in [6, 6.07) is 0.252. The van der Waals surface area contributed by atoms with Crippen LogP contribution >= 0.6 is 0 Å². The maximum absolute atomic E-state index is 11.8. The van der Waals surface area contributed by atoms with Crippen molar-refractivity contribution in [3.8, 4) is 0 Å². The number of nitrogens with one attached hydrogen (secondary N) is 1. The molecule has 0 aromatic rings. The third-order valence-electron chi connectivity index (χ3n) is 3.43. The van der Waals surface area contributed by atoms with Gasteiger partial charge in [0.2, 0.25) is 5.91 Å². The number of rotatable bonds is 2. The average molecular weight is 197 g/mol. The quantitative estimate of drug-likeness (QED) is 0.681. The SMILES string of the molecule is O=C(NC1COC1)C1CC2CCC1O2. The smallest absolute Gasteiger partial charge is 0.226 e. The molecule has 4 nitrogen and oxygen atoms in total. The molecule has 3 rings (SSSR count). The molecule has 4 heteroatoms. The zero-order valence-electron chi connectivity index (χ0n) is 8.07. The maximum atomic E-state index is 11.8. The zero-order valence-corrected chi connectivity index (χ0v) is 8.07. The van der Waals surface area contributed by atoms with Crippen LogP contribution in [0.1, 0.15) is 19.3 Å². The number of amides is 1. The summed E-state index contributed by atoms with van der Waals surface area (Å²) in [5.41, 5.74) is 0. The van der Waals surface area contributed by atoms with E-state index >= 15 is 0 Å².